The lowest BCUT2D eigenvalue weighted by Gasteiger charge is -2.08. The maximum absolute atomic E-state index is 10.8. The molecule has 70 valence electrons. The van der Waals surface area contributed by atoms with Gasteiger partial charge in [-0.25, -0.2) is 4.98 Å². The fourth-order valence-corrected chi connectivity index (χ4v) is 1.30. The predicted molar refractivity (Wildman–Crippen MR) is 49.9 cm³/mol. The van der Waals surface area contributed by atoms with E-state index in [1.807, 2.05) is 0 Å². The van der Waals surface area contributed by atoms with Crippen LogP contribution in [-0.2, 0) is 4.79 Å². The molecule has 0 aliphatic rings. The Kier molecular flexibility index (Phi) is 3.25. The molecule has 0 bridgehead atoms. The molecule has 0 aromatic carbocycles. The number of aromatic nitrogens is 1. The zero-order valence-electron chi connectivity index (χ0n) is 7.20. The summed E-state index contributed by atoms with van der Waals surface area (Å²) in [5, 5.41) is 9.17. The van der Waals surface area contributed by atoms with Crippen molar-refractivity contribution in [2.24, 2.45) is 0 Å². The van der Waals surface area contributed by atoms with Crippen molar-refractivity contribution in [1.29, 1.82) is 0 Å². The van der Waals surface area contributed by atoms with Crippen molar-refractivity contribution in [3.05, 3.63) is 29.0 Å². The number of hydrogen-bond donors (Lipinski definition) is 1. The van der Waals surface area contributed by atoms with Gasteiger partial charge in [0.25, 0.3) is 0 Å². The van der Waals surface area contributed by atoms with Crippen molar-refractivity contribution in [3.8, 4) is 0 Å². The Morgan fingerprint density at radius 1 is 1.69 bits per heavy atom. The molecule has 0 spiro atoms. The molecule has 1 heterocycles. The molecule has 0 fully saturated rings. The van der Waals surface area contributed by atoms with E-state index in [1.54, 1.807) is 25.1 Å². The van der Waals surface area contributed by atoms with E-state index in [1.165, 1.54) is 0 Å². The van der Waals surface area contributed by atoms with Crippen LogP contribution in [0.4, 0.5) is 0 Å². The van der Waals surface area contributed by atoms with Gasteiger partial charge in [-0.1, -0.05) is 24.6 Å². The number of halogens is 1. The Morgan fingerprint density at radius 2 is 2.38 bits per heavy atom. The maximum atomic E-state index is 10.8. The molecule has 0 saturated heterocycles. The minimum absolute atomic E-state index is 0.331. The van der Waals surface area contributed by atoms with Crippen molar-refractivity contribution in [1.82, 2.24) is 4.98 Å². The number of pyridine rings is 1. The first-order valence-corrected chi connectivity index (χ1v) is 4.38. The molecule has 3 nitrogen and oxygen atoms in total. The fraction of sp³-hybridized carbons (Fsp3) is 0.333. The van der Waals surface area contributed by atoms with Crippen LogP contribution in [0.3, 0.4) is 0 Å². The van der Waals surface area contributed by atoms with Crippen LogP contribution in [0.1, 0.15) is 25.0 Å². The monoisotopic (exact) mass is 199 g/mol. The van der Waals surface area contributed by atoms with Crippen LogP contribution in [-0.4, -0.2) is 16.1 Å². The molecular formula is C9H10ClNO2. The van der Waals surface area contributed by atoms with Crippen LogP contribution in [0.2, 0.25) is 5.15 Å². The molecule has 4 heteroatoms. The molecule has 1 rings (SSSR count). The number of carboxylic acid groups (broad SMARTS) is 1. The lowest BCUT2D eigenvalue weighted by Crippen LogP contribution is -2.11. The standard InChI is InChI=1S/C9H10ClNO2/c1-2-6(9(12)13)7-4-3-5-8(10)11-7/h3-6H,2H2,1H3,(H,12,13). The zero-order valence-corrected chi connectivity index (χ0v) is 7.95. The summed E-state index contributed by atoms with van der Waals surface area (Å²) < 4.78 is 0. The average Bonchev–Trinajstić information content (AvgIpc) is 2.04. The number of rotatable bonds is 3. The van der Waals surface area contributed by atoms with Gasteiger partial charge in [0.1, 0.15) is 5.15 Å². The molecule has 0 aliphatic carbocycles. The number of nitrogens with zero attached hydrogens (tertiary/aromatic N) is 1. The van der Waals surface area contributed by atoms with Crippen molar-refractivity contribution in [2.75, 3.05) is 0 Å². The van der Waals surface area contributed by atoms with Crippen molar-refractivity contribution in [3.63, 3.8) is 0 Å². The first-order valence-electron chi connectivity index (χ1n) is 4.00. The minimum atomic E-state index is -0.864. The predicted octanol–water partition coefficient (Wildman–Crippen LogP) is 2.31. The summed E-state index contributed by atoms with van der Waals surface area (Å²) in [6, 6.07) is 5.00. The van der Waals surface area contributed by atoms with Gasteiger partial charge in [-0.15, -0.1) is 0 Å². The van der Waals surface area contributed by atoms with E-state index in [0.29, 0.717) is 17.3 Å². The fourth-order valence-electron chi connectivity index (χ4n) is 1.13. The Morgan fingerprint density at radius 3 is 2.85 bits per heavy atom. The molecular weight excluding hydrogens is 190 g/mol. The average molecular weight is 200 g/mol. The molecule has 1 N–H and O–H groups in total. The van der Waals surface area contributed by atoms with Gasteiger partial charge in [-0.2, -0.15) is 0 Å². The van der Waals surface area contributed by atoms with Gasteiger partial charge in [0.2, 0.25) is 0 Å². The van der Waals surface area contributed by atoms with E-state index in [-0.39, 0.29) is 0 Å². The molecule has 13 heavy (non-hydrogen) atoms. The maximum Gasteiger partial charge on any atom is 0.312 e. The highest BCUT2D eigenvalue weighted by Crippen LogP contribution is 2.18. The summed E-state index contributed by atoms with van der Waals surface area (Å²) >= 11 is 5.65. The second-order valence-corrected chi connectivity index (χ2v) is 3.07. The van der Waals surface area contributed by atoms with Crippen LogP contribution in [0.25, 0.3) is 0 Å². The number of carboxylic acids is 1. The molecule has 1 aromatic rings. The molecule has 0 saturated carbocycles. The van der Waals surface area contributed by atoms with Crippen LogP contribution in [0.15, 0.2) is 18.2 Å². The van der Waals surface area contributed by atoms with Gasteiger partial charge < -0.3 is 5.11 Å². The Balaban J connectivity index is 2.98. The van der Waals surface area contributed by atoms with Crippen molar-refractivity contribution in [2.45, 2.75) is 19.3 Å². The molecule has 1 aromatic heterocycles. The second kappa shape index (κ2) is 4.23. The van der Waals surface area contributed by atoms with Gasteiger partial charge in [-0.05, 0) is 18.6 Å². The van der Waals surface area contributed by atoms with Crippen LogP contribution in [0, 0.1) is 0 Å². The third kappa shape index (κ3) is 2.42. The molecule has 1 atom stereocenters. The Labute approximate surface area is 81.4 Å². The first kappa shape index (κ1) is 9.99. The molecule has 0 radical (unpaired) electrons. The van der Waals surface area contributed by atoms with Crippen molar-refractivity contribution < 1.29 is 9.90 Å². The van der Waals surface area contributed by atoms with Crippen LogP contribution < -0.4 is 0 Å². The van der Waals surface area contributed by atoms with Gasteiger partial charge >= 0.3 is 5.97 Å². The van der Waals surface area contributed by atoms with E-state index < -0.39 is 11.9 Å². The van der Waals surface area contributed by atoms with Crippen molar-refractivity contribution >= 4 is 17.6 Å². The van der Waals surface area contributed by atoms with Crippen LogP contribution >= 0.6 is 11.6 Å². The minimum Gasteiger partial charge on any atom is -0.481 e. The summed E-state index contributed by atoms with van der Waals surface area (Å²) in [5.74, 6) is -1.42. The largest absolute Gasteiger partial charge is 0.481 e. The zero-order chi connectivity index (χ0) is 9.84. The highest BCUT2D eigenvalue weighted by atomic mass is 35.5. The topological polar surface area (TPSA) is 50.2 Å². The van der Waals surface area contributed by atoms with E-state index >= 15 is 0 Å². The second-order valence-electron chi connectivity index (χ2n) is 2.68. The van der Waals surface area contributed by atoms with Crippen LogP contribution in [0.5, 0.6) is 0 Å². The van der Waals surface area contributed by atoms with Gasteiger partial charge in [0.05, 0.1) is 11.6 Å². The van der Waals surface area contributed by atoms with E-state index in [9.17, 15) is 4.79 Å². The lowest BCUT2D eigenvalue weighted by atomic mass is 10.0. The van der Waals surface area contributed by atoms with E-state index in [0.717, 1.165) is 0 Å². The third-order valence-corrected chi connectivity index (χ3v) is 2.01. The summed E-state index contributed by atoms with van der Waals surface area (Å²) in [4.78, 5) is 14.7. The third-order valence-electron chi connectivity index (χ3n) is 1.80. The van der Waals surface area contributed by atoms with Gasteiger partial charge in [0, 0.05) is 0 Å². The Hall–Kier alpha value is -1.09. The summed E-state index contributed by atoms with van der Waals surface area (Å²) in [6.07, 6.45) is 0.517. The number of hydrogen-bond acceptors (Lipinski definition) is 2. The smallest absolute Gasteiger partial charge is 0.312 e. The molecule has 0 amide bonds. The SMILES string of the molecule is CCC(C(=O)O)c1cccc(Cl)n1. The van der Waals surface area contributed by atoms with Gasteiger partial charge in [0.15, 0.2) is 0 Å². The van der Waals surface area contributed by atoms with Gasteiger partial charge in [-0.3, -0.25) is 4.79 Å². The van der Waals surface area contributed by atoms with E-state index in [2.05, 4.69) is 4.98 Å². The summed E-state index contributed by atoms with van der Waals surface area (Å²) in [5.41, 5.74) is 0.516. The Bertz CT molecular complexity index is 314. The summed E-state index contributed by atoms with van der Waals surface area (Å²) in [7, 11) is 0. The quantitative estimate of drug-likeness (QED) is 0.760. The highest BCUT2D eigenvalue weighted by molar-refractivity contribution is 6.29. The normalized spacial score (nSPS) is 12.5. The lowest BCUT2D eigenvalue weighted by molar-refractivity contribution is -0.138. The van der Waals surface area contributed by atoms with E-state index in [4.69, 9.17) is 16.7 Å². The molecule has 1 unspecified atom stereocenters. The highest BCUT2D eigenvalue weighted by Gasteiger charge is 2.18. The first-order chi connectivity index (χ1) is 6.15. The number of aliphatic carboxylic acids is 1. The number of carbonyl (C=O) groups is 1. The molecule has 0 aliphatic heterocycles. The summed E-state index contributed by atoms with van der Waals surface area (Å²) in [6.45, 7) is 1.81.